The normalized spacial score (nSPS) is 22.4. The van der Waals surface area contributed by atoms with Crippen molar-refractivity contribution in [3.05, 3.63) is 28.3 Å². The first-order valence-corrected chi connectivity index (χ1v) is 7.42. The van der Waals surface area contributed by atoms with E-state index in [-0.39, 0.29) is 5.92 Å². The number of carboxylic acid groups (broad SMARTS) is 1. The molecule has 1 N–H and O–H groups in total. The molecule has 1 saturated carbocycles. The molecule has 3 atom stereocenters. The Bertz CT molecular complexity index is 513. The number of benzene rings is 1. The number of hydrogen-bond acceptors (Lipinski definition) is 2. The summed E-state index contributed by atoms with van der Waals surface area (Å²) >= 11 is 6.23. The van der Waals surface area contributed by atoms with E-state index in [1.54, 1.807) is 7.11 Å². The van der Waals surface area contributed by atoms with Gasteiger partial charge < -0.3 is 9.84 Å². The molecule has 110 valence electrons. The first kappa shape index (κ1) is 15.2. The maximum absolute atomic E-state index is 11.0. The zero-order chi connectivity index (χ0) is 14.9. The molecule has 4 heteroatoms. The third-order valence-electron chi connectivity index (χ3n) is 4.27. The molecule has 0 amide bonds. The van der Waals surface area contributed by atoms with Crippen molar-refractivity contribution in [2.24, 2.45) is 11.8 Å². The predicted molar refractivity (Wildman–Crippen MR) is 79.6 cm³/mol. The molecule has 1 fully saturated rings. The Morgan fingerprint density at radius 3 is 2.75 bits per heavy atom. The quantitative estimate of drug-likeness (QED) is 0.853. The van der Waals surface area contributed by atoms with Crippen LogP contribution in [0.25, 0.3) is 0 Å². The van der Waals surface area contributed by atoms with E-state index in [4.69, 9.17) is 21.4 Å². The van der Waals surface area contributed by atoms with E-state index < -0.39 is 5.97 Å². The molecular weight excluding hydrogens is 276 g/mol. The Balaban J connectivity index is 2.19. The Morgan fingerprint density at radius 2 is 2.25 bits per heavy atom. The smallest absolute Gasteiger partial charge is 0.306 e. The number of carbonyl (C=O) groups is 1. The van der Waals surface area contributed by atoms with E-state index in [0.717, 1.165) is 41.2 Å². The van der Waals surface area contributed by atoms with Crippen LogP contribution < -0.4 is 4.74 Å². The van der Waals surface area contributed by atoms with Gasteiger partial charge >= 0.3 is 5.97 Å². The van der Waals surface area contributed by atoms with Gasteiger partial charge in [-0.1, -0.05) is 18.5 Å². The molecule has 0 saturated heterocycles. The number of ether oxygens (including phenoxy) is 1. The van der Waals surface area contributed by atoms with E-state index in [1.165, 1.54) is 0 Å². The molecule has 3 nitrogen and oxygen atoms in total. The van der Waals surface area contributed by atoms with Crippen LogP contribution in [0.15, 0.2) is 12.1 Å². The second kappa shape index (κ2) is 6.04. The molecular formula is C16H21ClO3. The van der Waals surface area contributed by atoms with Crippen LogP contribution in [0.1, 0.15) is 43.2 Å². The summed E-state index contributed by atoms with van der Waals surface area (Å²) in [7, 11) is 1.66. The van der Waals surface area contributed by atoms with Gasteiger partial charge in [0.25, 0.3) is 0 Å². The fraction of sp³-hybridized carbons (Fsp3) is 0.562. The van der Waals surface area contributed by atoms with E-state index in [9.17, 15) is 4.79 Å². The van der Waals surface area contributed by atoms with Crippen LogP contribution in [0.4, 0.5) is 0 Å². The van der Waals surface area contributed by atoms with Gasteiger partial charge in [-0.15, -0.1) is 0 Å². The van der Waals surface area contributed by atoms with Crippen molar-refractivity contribution in [3.63, 3.8) is 0 Å². The summed E-state index contributed by atoms with van der Waals surface area (Å²) in [5.74, 6) is 0.626. The summed E-state index contributed by atoms with van der Waals surface area (Å²) < 4.78 is 5.47. The Kier molecular flexibility index (Phi) is 4.59. The maximum atomic E-state index is 11.0. The highest BCUT2D eigenvalue weighted by Gasteiger charge is 2.44. The number of hydrogen-bond donors (Lipinski definition) is 1. The Hall–Kier alpha value is -1.22. The highest BCUT2D eigenvalue weighted by molar-refractivity contribution is 6.31. The van der Waals surface area contributed by atoms with Crippen molar-refractivity contribution in [2.75, 3.05) is 7.11 Å². The van der Waals surface area contributed by atoms with Gasteiger partial charge in [0, 0.05) is 5.02 Å². The van der Waals surface area contributed by atoms with Gasteiger partial charge in [0.15, 0.2) is 0 Å². The fourth-order valence-electron chi connectivity index (χ4n) is 2.86. The summed E-state index contributed by atoms with van der Waals surface area (Å²) in [4.78, 5) is 11.0. The molecule has 0 spiro atoms. The molecule has 2 rings (SSSR count). The zero-order valence-corrected chi connectivity index (χ0v) is 12.9. The van der Waals surface area contributed by atoms with Gasteiger partial charge in [-0.3, -0.25) is 4.79 Å². The number of aryl methyl sites for hydroxylation is 1. The third-order valence-corrected chi connectivity index (χ3v) is 4.68. The third kappa shape index (κ3) is 3.09. The largest absolute Gasteiger partial charge is 0.496 e. The minimum Gasteiger partial charge on any atom is -0.496 e. The Morgan fingerprint density at radius 1 is 1.55 bits per heavy atom. The van der Waals surface area contributed by atoms with E-state index >= 15 is 0 Å². The van der Waals surface area contributed by atoms with Crippen molar-refractivity contribution in [2.45, 2.75) is 39.0 Å². The van der Waals surface area contributed by atoms with Crippen molar-refractivity contribution in [3.8, 4) is 5.75 Å². The second-order valence-corrected chi connectivity index (χ2v) is 6.03. The number of carboxylic acids is 1. The van der Waals surface area contributed by atoms with Crippen molar-refractivity contribution in [1.82, 2.24) is 0 Å². The highest BCUT2D eigenvalue weighted by Crippen LogP contribution is 2.47. The van der Waals surface area contributed by atoms with Crippen molar-refractivity contribution < 1.29 is 14.6 Å². The van der Waals surface area contributed by atoms with Gasteiger partial charge in [0.1, 0.15) is 5.75 Å². The number of halogens is 1. The van der Waals surface area contributed by atoms with Crippen molar-refractivity contribution >= 4 is 17.6 Å². The molecule has 20 heavy (non-hydrogen) atoms. The van der Waals surface area contributed by atoms with Crippen LogP contribution in [-0.2, 0) is 4.79 Å². The molecule has 3 unspecified atom stereocenters. The maximum Gasteiger partial charge on any atom is 0.306 e. The first-order valence-electron chi connectivity index (χ1n) is 7.04. The van der Waals surface area contributed by atoms with Gasteiger partial charge in [0.2, 0.25) is 0 Å². The molecule has 1 aromatic carbocycles. The fourth-order valence-corrected chi connectivity index (χ4v) is 3.03. The summed E-state index contributed by atoms with van der Waals surface area (Å²) in [6, 6.07) is 3.93. The van der Waals surface area contributed by atoms with Gasteiger partial charge in [-0.2, -0.15) is 0 Å². The van der Waals surface area contributed by atoms with Gasteiger partial charge in [-0.25, -0.2) is 0 Å². The SMILES string of the molecule is CCC(CC1CC1C(=O)O)c1cc(Cl)c(C)cc1OC. The van der Waals surface area contributed by atoms with Gasteiger partial charge in [-0.05, 0) is 61.3 Å². The number of methoxy groups -OCH3 is 1. The zero-order valence-electron chi connectivity index (χ0n) is 12.1. The van der Waals surface area contributed by atoms with E-state index in [1.807, 2.05) is 19.1 Å². The molecule has 0 aromatic heterocycles. The van der Waals surface area contributed by atoms with Crippen molar-refractivity contribution in [1.29, 1.82) is 0 Å². The molecule has 0 heterocycles. The Labute approximate surface area is 124 Å². The molecule has 1 aliphatic carbocycles. The monoisotopic (exact) mass is 296 g/mol. The lowest BCUT2D eigenvalue weighted by Crippen LogP contribution is -2.05. The first-order chi connectivity index (χ1) is 9.47. The highest BCUT2D eigenvalue weighted by atomic mass is 35.5. The van der Waals surface area contributed by atoms with Gasteiger partial charge in [0.05, 0.1) is 13.0 Å². The summed E-state index contributed by atoms with van der Waals surface area (Å²) in [5.41, 5.74) is 2.10. The number of aliphatic carboxylic acids is 1. The number of rotatable bonds is 6. The van der Waals surface area contributed by atoms with E-state index in [2.05, 4.69) is 6.92 Å². The lowest BCUT2D eigenvalue weighted by molar-refractivity contribution is -0.138. The van der Waals surface area contributed by atoms with Crippen LogP contribution in [0.2, 0.25) is 5.02 Å². The average molecular weight is 297 g/mol. The molecule has 0 aliphatic heterocycles. The standard InChI is InChI=1S/C16H21ClO3/c1-4-10(6-11-7-13(11)16(18)19)12-8-14(17)9(2)5-15(12)20-3/h5,8,10-11,13H,4,6-7H2,1-3H3,(H,18,19). The van der Waals surface area contributed by atoms with Crippen LogP contribution in [0.5, 0.6) is 5.75 Å². The topological polar surface area (TPSA) is 46.5 Å². The van der Waals surface area contributed by atoms with E-state index in [0.29, 0.717) is 11.8 Å². The van der Waals surface area contributed by atoms with Crippen LogP contribution in [0, 0.1) is 18.8 Å². The minimum atomic E-state index is -0.668. The lowest BCUT2D eigenvalue weighted by atomic mass is 9.89. The predicted octanol–water partition coefficient (Wildman–Crippen LogP) is 4.26. The van der Waals surface area contributed by atoms with Crippen LogP contribution in [-0.4, -0.2) is 18.2 Å². The summed E-state index contributed by atoms with van der Waals surface area (Å²) in [5, 5.41) is 9.76. The van der Waals surface area contributed by atoms with Crippen LogP contribution >= 0.6 is 11.6 Å². The minimum absolute atomic E-state index is 0.157. The molecule has 0 bridgehead atoms. The molecule has 1 aromatic rings. The summed E-state index contributed by atoms with van der Waals surface area (Å²) in [6.45, 7) is 4.08. The lowest BCUT2D eigenvalue weighted by Gasteiger charge is -2.19. The average Bonchev–Trinajstić information content (AvgIpc) is 3.18. The van der Waals surface area contributed by atoms with Crippen LogP contribution in [0.3, 0.4) is 0 Å². The molecule has 1 aliphatic rings. The second-order valence-electron chi connectivity index (χ2n) is 5.62. The molecule has 0 radical (unpaired) electrons. The summed E-state index contributed by atoms with van der Waals surface area (Å²) in [6.07, 6.45) is 2.65.